The molecule has 0 aliphatic rings. The molecule has 0 aliphatic carbocycles. The summed E-state index contributed by atoms with van der Waals surface area (Å²) in [5, 5.41) is 2.39. The molecule has 31 heavy (non-hydrogen) atoms. The highest BCUT2D eigenvalue weighted by atomic mass is 32.1. The first-order valence-corrected chi connectivity index (χ1v) is 9.90. The molecule has 10 heteroatoms. The molecule has 1 heterocycles. The van der Waals surface area contributed by atoms with Gasteiger partial charge in [-0.1, -0.05) is 6.07 Å². The lowest BCUT2D eigenvalue weighted by atomic mass is 10.2. The minimum absolute atomic E-state index is 0.0310. The van der Waals surface area contributed by atoms with Crippen LogP contribution in [0.15, 0.2) is 47.8 Å². The van der Waals surface area contributed by atoms with Crippen molar-refractivity contribution in [3.8, 4) is 17.2 Å². The second-order valence-corrected chi connectivity index (χ2v) is 7.12. The van der Waals surface area contributed by atoms with Gasteiger partial charge in [0.05, 0.1) is 19.2 Å². The fourth-order valence-electron chi connectivity index (χ4n) is 2.53. The molecule has 6 nitrogen and oxygen atoms in total. The fourth-order valence-corrected chi connectivity index (χ4v) is 3.24. The topological polar surface area (TPSA) is 66.9 Å². The average molecular weight is 453 g/mol. The number of alkyl halides is 2. The van der Waals surface area contributed by atoms with Crippen molar-refractivity contribution in [2.24, 2.45) is 0 Å². The SMILES string of the molecule is COc1cc(COC(=O)Cc2csc(COc3ccc(F)cc3)n2)ccc1OC(F)F. The van der Waals surface area contributed by atoms with Gasteiger partial charge in [-0.05, 0) is 42.0 Å². The zero-order valence-electron chi connectivity index (χ0n) is 16.3. The number of methoxy groups -OCH3 is 1. The third-order valence-electron chi connectivity index (χ3n) is 3.94. The number of esters is 1. The predicted molar refractivity (Wildman–Crippen MR) is 106 cm³/mol. The molecule has 0 fully saturated rings. The van der Waals surface area contributed by atoms with E-state index < -0.39 is 12.6 Å². The van der Waals surface area contributed by atoms with Gasteiger partial charge in [-0.2, -0.15) is 8.78 Å². The second kappa shape index (κ2) is 10.7. The Morgan fingerprint density at radius 3 is 2.58 bits per heavy atom. The van der Waals surface area contributed by atoms with Crippen LogP contribution in [0.4, 0.5) is 13.2 Å². The first kappa shape index (κ1) is 22.4. The number of nitrogens with zero attached hydrogens (tertiary/aromatic N) is 1. The largest absolute Gasteiger partial charge is 0.493 e. The van der Waals surface area contributed by atoms with Crippen LogP contribution in [0.1, 0.15) is 16.3 Å². The van der Waals surface area contributed by atoms with Gasteiger partial charge in [0.25, 0.3) is 0 Å². The Balaban J connectivity index is 1.48. The molecule has 0 N–H and O–H groups in total. The summed E-state index contributed by atoms with van der Waals surface area (Å²) in [6, 6.07) is 9.91. The number of benzene rings is 2. The Morgan fingerprint density at radius 1 is 1.10 bits per heavy atom. The quantitative estimate of drug-likeness (QED) is 0.413. The summed E-state index contributed by atoms with van der Waals surface area (Å²) in [7, 11) is 1.32. The molecule has 3 rings (SSSR count). The molecular weight excluding hydrogens is 435 g/mol. The van der Waals surface area contributed by atoms with E-state index in [0.717, 1.165) is 0 Å². The zero-order valence-corrected chi connectivity index (χ0v) is 17.2. The lowest BCUT2D eigenvalue weighted by molar-refractivity contribution is -0.144. The van der Waals surface area contributed by atoms with E-state index >= 15 is 0 Å². The number of thiazole rings is 1. The van der Waals surface area contributed by atoms with Crippen molar-refractivity contribution in [2.75, 3.05) is 7.11 Å². The number of carbonyl (C=O) groups is 1. The molecule has 0 amide bonds. The molecule has 0 atom stereocenters. The van der Waals surface area contributed by atoms with Crippen LogP contribution in [0.5, 0.6) is 17.2 Å². The number of halogens is 3. The molecule has 0 saturated heterocycles. The van der Waals surface area contributed by atoms with Gasteiger partial charge in [0, 0.05) is 5.38 Å². The van der Waals surface area contributed by atoms with E-state index in [2.05, 4.69) is 9.72 Å². The summed E-state index contributed by atoms with van der Waals surface area (Å²) in [6.45, 7) is -2.84. The average Bonchev–Trinajstić information content (AvgIpc) is 3.19. The van der Waals surface area contributed by atoms with Gasteiger partial charge in [-0.3, -0.25) is 4.79 Å². The molecular formula is C21H18F3NO5S. The number of hydrogen-bond donors (Lipinski definition) is 0. The maximum Gasteiger partial charge on any atom is 0.387 e. The lowest BCUT2D eigenvalue weighted by Crippen LogP contribution is -2.09. The van der Waals surface area contributed by atoms with Crippen molar-refractivity contribution in [2.45, 2.75) is 26.2 Å². The Labute approximate surface area is 180 Å². The molecule has 0 saturated carbocycles. The van der Waals surface area contributed by atoms with Gasteiger partial charge < -0.3 is 18.9 Å². The summed E-state index contributed by atoms with van der Waals surface area (Å²) in [5.74, 6) is -0.330. The third kappa shape index (κ3) is 6.88. The number of hydrogen-bond acceptors (Lipinski definition) is 7. The lowest BCUT2D eigenvalue weighted by Gasteiger charge is -2.11. The Hall–Kier alpha value is -3.27. The second-order valence-electron chi connectivity index (χ2n) is 6.18. The van der Waals surface area contributed by atoms with Crippen LogP contribution in [0.3, 0.4) is 0 Å². The van der Waals surface area contributed by atoms with Crippen molar-refractivity contribution in [1.29, 1.82) is 0 Å². The monoisotopic (exact) mass is 453 g/mol. The van der Waals surface area contributed by atoms with Crippen molar-refractivity contribution in [3.63, 3.8) is 0 Å². The van der Waals surface area contributed by atoms with Gasteiger partial charge in [-0.15, -0.1) is 11.3 Å². The van der Waals surface area contributed by atoms with Crippen LogP contribution in [0, 0.1) is 5.82 Å². The van der Waals surface area contributed by atoms with E-state index in [1.165, 1.54) is 60.9 Å². The molecule has 0 spiro atoms. The number of rotatable bonds is 10. The smallest absolute Gasteiger partial charge is 0.387 e. The van der Waals surface area contributed by atoms with Crippen LogP contribution in [-0.2, 0) is 29.2 Å². The van der Waals surface area contributed by atoms with E-state index in [0.29, 0.717) is 22.0 Å². The van der Waals surface area contributed by atoms with Crippen molar-refractivity contribution >= 4 is 17.3 Å². The summed E-state index contributed by atoms with van der Waals surface area (Å²) < 4.78 is 57.8. The number of ether oxygens (including phenoxy) is 4. The number of carbonyl (C=O) groups excluding carboxylic acids is 1. The highest BCUT2D eigenvalue weighted by molar-refractivity contribution is 7.09. The minimum Gasteiger partial charge on any atom is -0.493 e. The molecule has 164 valence electrons. The van der Waals surface area contributed by atoms with Gasteiger partial charge in [-0.25, -0.2) is 9.37 Å². The molecule has 1 aromatic heterocycles. The molecule has 0 bridgehead atoms. The molecule has 0 radical (unpaired) electrons. The van der Waals surface area contributed by atoms with E-state index in [-0.39, 0.29) is 37.0 Å². The maximum atomic E-state index is 12.9. The van der Waals surface area contributed by atoms with Crippen LogP contribution < -0.4 is 14.2 Å². The Morgan fingerprint density at radius 2 is 1.87 bits per heavy atom. The van der Waals surface area contributed by atoms with Gasteiger partial charge >= 0.3 is 12.6 Å². The van der Waals surface area contributed by atoms with E-state index in [9.17, 15) is 18.0 Å². The molecule has 0 aliphatic heterocycles. The van der Waals surface area contributed by atoms with Crippen molar-refractivity contribution < 1.29 is 36.9 Å². The summed E-state index contributed by atoms with van der Waals surface area (Å²) in [5.41, 5.74) is 1.09. The van der Waals surface area contributed by atoms with Crippen LogP contribution >= 0.6 is 11.3 Å². The van der Waals surface area contributed by atoms with E-state index in [1.54, 1.807) is 5.38 Å². The minimum atomic E-state index is -2.97. The van der Waals surface area contributed by atoms with Gasteiger partial charge in [0.2, 0.25) is 0 Å². The first-order valence-electron chi connectivity index (χ1n) is 9.02. The van der Waals surface area contributed by atoms with Gasteiger partial charge in [0.15, 0.2) is 11.5 Å². The Kier molecular flexibility index (Phi) is 7.71. The van der Waals surface area contributed by atoms with E-state index in [1.807, 2.05) is 0 Å². The third-order valence-corrected chi connectivity index (χ3v) is 4.82. The predicted octanol–water partition coefficient (Wildman–Crippen LogP) is 4.76. The summed E-state index contributed by atoms with van der Waals surface area (Å²) >= 11 is 1.33. The molecule has 3 aromatic rings. The molecule has 2 aromatic carbocycles. The highest BCUT2D eigenvalue weighted by Crippen LogP contribution is 2.29. The van der Waals surface area contributed by atoms with E-state index in [4.69, 9.17) is 14.2 Å². The van der Waals surface area contributed by atoms with Crippen LogP contribution in [0.2, 0.25) is 0 Å². The number of aromatic nitrogens is 1. The highest BCUT2D eigenvalue weighted by Gasteiger charge is 2.13. The van der Waals surface area contributed by atoms with Gasteiger partial charge in [0.1, 0.15) is 29.8 Å². The first-order chi connectivity index (χ1) is 14.9. The normalized spacial score (nSPS) is 10.7. The summed E-state index contributed by atoms with van der Waals surface area (Å²) in [4.78, 5) is 16.4. The van der Waals surface area contributed by atoms with Crippen LogP contribution in [0.25, 0.3) is 0 Å². The zero-order chi connectivity index (χ0) is 22.2. The fraction of sp³-hybridized carbons (Fsp3) is 0.238. The van der Waals surface area contributed by atoms with Crippen molar-refractivity contribution in [3.05, 3.63) is 69.9 Å². The summed E-state index contributed by atoms with van der Waals surface area (Å²) in [6.07, 6.45) is -0.0310. The van der Waals surface area contributed by atoms with Crippen molar-refractivity contribution in [1.82, 2.24) is 4.98 Å². The Bertz CT molecular complexity index is 1010. The van der Waals surface area contributed by atoms with Crippen LogP contribution in [-0.4, -0.2) is 24.7 Å². The standard InChI is InChI=1S/C21H18F3NO5S/c1-27-18-8-13(2-7-17(18)30-21(23)24)10-29-20(26)9-15-12-31-19(25-15)11-28-16-5-3-14(22)4-6-16/h2-8,12,21H,9-11H2,1H3. The molecule has 0 unspecified atom stereocenters. The maximum absolute atomic E-state index is 12.9.